The average Bonchev–Trinajstić information content (AvgIpc) is 3.46. The van der Waals surface area contributed by atoms with E-state index in [0.29, 0.717) is 18.6 Å². The minimum absolute atomic E-state index is 0. The lowest BCUT2D eigenvalue weighted by Gasteiger charge is -2.33. The van der Waals surface area contributed by atoms with Gasteiger partial charge >= 0.3 is 0 Å². The summed E-state index contributed by atoms with van der Waals surface area (Å²) in [5.74, 6) is 3.76. The standard InChI is InChI=1S/C19H28N8.HI/c1-14-24-25-18(26(14)2)13-21-19(22-15-6-7-15)23-16-8-11-27(12-9-16)17-5-3-4-10-20-17;/h3-5,10,15-16H,6-9,11-13H2,1-2H3,(H2,21,22,23);1H. The highest BCUT2D eigenvalue weighted by Crippen LogP contribution is 2.20. The van der Waals surface area contributed by atoms with Gasteiger partial charge in [-0.1, -0.05) is 6.07 Å². The third-order valence-electron chi connectivity index (χ3n) is 5.29. The number of aromatic nitrogens is 4. The molecule has 0 spiro atoms. The summed E-state index contributed by atoms with van der Waals surface area (Å²) in [6, 6.07) is 7.08. The van der Waals surface area contributed by atoms with E-state index in [0.717, 1.165) is 49.4 Å². The molecule has 1 saturated carbocycles. The second kappa shape index (κ2) is 9.53. The molecule has 2 aromatic heterocycles. The predicted octanol–water partition coefficient (Wildman–Crippen LogP) is 2.00. The highest BCUT2D eigenvalue weighted by atomic mass is 127. The molecule has 0 atom stereocenters. The van der Waals surface area contributed by atoms with Crippen LogP contribution >= 0.6 is 24.0 Å². The Morgan fingerprint density at radius 2 is 1.82 bits per heavy atom. The maximum Gasteiger partial charge on any atom is 0.192 e. The van der Waals surface area contributed by atoms with Crippen molar-refractivity contribution in [2.75, 3.05) is 18.0 Å². The van der Waals surface area contributed by atoms with Crippen LogP contribution in [0.1, 0.15) is 37.3 Å². The summed E-state index contributed by atoms with van der Waals surface area (Å²) < 4.78 is 1.99. The van der Waals surface area contributed by atoms with Crippen LogP contribution in [0.15, 0.2) is 29.4 Å². The summed E-state index contributed by atoms with van der Waals surface area (Å²) in [5.41, 5.74) is 0. The van der Waals surface area contributed by atoms with Crippen molar-refractivity contribution in [2.24, 2.45) is 12.0 Å². The highest BCUT2D eigenvalue weighted by molar-refractivity contribution is 14.0. The van der Waals surface area contributed by atoms with E-state index in [4.69, 9.17) is 4.99 Å². The van der Waals surface area contributed by atoms with E-state index in [1.165, 1.54) is 12.8 Å². The van der Waals surface area contributed by atoms with Gasteiger partial charge in [0.05, 0.1) is 0 Å². The zero-order valence-electron chi connectivity index (χ0n) is 16.5. The first kappa shape index (κ1) is 20.8. The molecule has 9 heteroatoms. The number of aliphatic imine (C=N–C) groups is 1. The fourth-order valence-electron chi connectivity index (χ4n) is 3.28. The number of halogens is 1. The molecule has 28 heavy (non-hydrogen) atoms. The Balaban J connectivity index is 0.00000225. The van der Waals surface area contributed by atoms with Gasteiger partial charge in [0.25, 0.3) is 0 Å². The molecule has 0 aromatic carbocycles. The first-order valence-electron chi connectivity index (χ1n) is 9.77. The van der Waals surface area contributed by atoms with Gasteiger partial charge in [-0.25, -0.2) is 9.98 Å². The van der Waals surface area contributed by atoms with Crippen LogP contribution in [0, 0.1) is 6.92 Å². The fourth-order valence-corrected chi connectivity index (χ4v) is 3.28. The lowest BCUT2D eigenvalue weighted by molar-refractivity contribution is 0.459. The van der Waals surface area contributed by atoms with Crippen molar-refractivity contribution in [1.29, 1.82) is 0 Å². The van der Waals surface area contributed by atoms with Crippen molar-refractivity contribution in [3.63, 3.8) is 0 Å². The van der Waals surface area contributed by atoms with Crippen LogP contribution in [0.2, 0.25) is 0 Å². The van der Waals surface area contributed by atoms with Crippen molar-refractivity contribution in [1.82, 2.24) is 30.4 Å². The number of piperidine rings is 1. The van der Waals surface area contributed by atoms with Crippen molar-refractivity contribution in [2.45, 2.75) is 51.2 Å². The van der Waals surface area contributed by atoms with Crippen LogP contribution in [-0.2, 0) is 13.6 Å². The van der Waals surface area contributed by atoms with Gasteiger partial charge < -0.3 is 20.1 Å². The Hall–Kier alpha value is -1.91. The molecule has 4 rings (SSSR count). The number of aryl methyl sites for hydroxylation is 1. The van der Waals surface area contributed by atoms with Crippen molar-refractivity contribution >= 4 is 35.8 Å². The van der Waals surface area contributed by atoms with Crippen molar-refractivity contribution in [3.8, 4) is 0 Å². The third-order valence-corrected chi connectivity index (χ3v) is 5.29. The predicted molar refractivity (Wildman–Crippen MR) is 121 cm³/mol. The second-order valence-corrected chi connectivity index (χ2v) is 7.40. The van der Waals surface area contributed by atoms with Gasteiger partial charge in [-0.05, 0) is 44.7 Å². The maximum atomic E-state index is 4.76. The minimum atomic E-state index is 0. The number of anilines is 1. The van der Waals surface area contributed by atoms with Crippen LogP contribution in [-0.4, -0.2) is 50.9 Å². The second-order valence-electron chi connectivity index (χ2n) is 7.40. The molecule has 0 radical (unpaired) electrons. The quantitative estimate of drug-likeness (QED) is 0.375. The molecule has 0 bridgehead atoms. The summed E-state index contributed by atoms with van der Waals surface area (Å²) in [7, 11) is 1.98. The van der Waals surface area contributed by atoms with Crippen LogP contribution in [0.5, 0.6) is 0 Å². The Labute approximate surface area is 183 Å². The minimum Gasteiger partial charge on any atom is -0.356 e. The van der Waals surface area contributed by atoms with Gasteiger partial charge in [-0.2, -0.15) is 0 Å². The number of hydrogen-bond acceptors (Lipinski definition) is 5. The van der Waals surface area contributed by atoms with Gasteiger partial charge in [0.15, 0.2) is 11.8 Å². The number of pyridine rings is 1. The molecule has 2 aliphatic rings. The summed E-state index contributed by atoms with van der Waals surface area (Å²) in [4.78, 5) is 11.6. The molecule has 2 N–H and O–H groups in total. The summed E-state index contributed by atoms with van der Waals surface area (Å²) in [6.45, 7) is 4.51. The van der Waals surface area contributed by atoms with Gasteiger partial charge in [0, 0.05) is 38.4 Å². The molecule has 0 unspecified atom stereocenters. The fraction of sp³-hybridized carbons (Fsp3) is 0.579. The Kier molecular flexibility index (Phi) is 7.08. The largest absolute Gasteiger partial charge is 0.356 e. The number of hydrogen-bond donors (Lipinski definition) is 2. The summed E-state index contributed by atoms with van der Waals surface area (Å²) in [5, 5.41) is 15.5. The smallest absolute Gasteiger partial charge is 0.192 e. The topological polar surface area (TPSA) is 83.3 Å². The Morgan fingerprint density at radius 3 is 2.39 bits per heavy atom. The van der Waals surface area contributed by atoms with E-state index in [-0.39, 0.29) is 24.0 Å². The number of nitrogens with one attached hydrogen (secondary N) is 2. The Morgan fingerprint density at radius 1 is 1.11 bits per heavy atom. The lowest BCUT2D eigenvalue weighted by Crippen LogP contribution is -2.49. The molecule has 1 aliphatic heterocycles. The van der Waals surface area contributed by atoms with Crippen molar-refractivity contribution < 1.29 is 0 Å². The van der Waals surface area contributed by atoms with Gasteiger partial charge in [-0.15, -0.1) is 34.2 Å². The first-order valence-corrected chi connectivity index (χ1v) is 9.77. The van der Waals surface area contributed by atoms with Crippen LogP contribution < -0.4 is 15.5 Å². The molecule has 1 saturated heterocycles. The Bertz CT molecular complexity index is 778. The average molecular weight is 496 g/mol. The molecule has 3 heterocycles. The molecule has 8 nitrogen and oxygen atoms in total. The number of guanidine groups is 1. The highest BCUT2D eigenvalue weighted by Gasteiger charge is 2.25. The van der Waals surface area contributed by atoms with Crippen LogP contribution in [0.3, 0.4) is 0 Å². The van der Waals surface area contributed by atoms with Gasteiger partial charge in [-0.3, -0.25) is 0 Å². The third kappa shape index (κ3) is 5.33. The SMILES string of the molecule is Cc1nnc(CN=C(NC2CC2)NC2CCN(c3ccccn3)CC2)n1C.I. The normalized spacial score (nSPS) is 17.9. The first-order chi connectivity index (χ1) is 13.2. The zero-order valence-corrected chi connectivity index (χ0v) is 18.8. The van der Waals surface area contributed by atoms with E-state index in [1.807, 2.05) is 36.9 Å². The molecule has 1 aliphatic carbocycles. The van der Waals surface area contributed by atoms with Crippen molar-refractivity contribution in [3.05, 3.63) is 36.0 Å². The molecular formula is C19H29IN8. The van der Waals surface area contributed by atoms with Gasteiger partial charge in [0.1, 0.15) is 18.2 Å². The van der Waals surface area contributed by atoms with E-state index >= 15 is 0 Å². The zero-order chi connectivity index (χ0) is 18.6. The summed E-state index contributed by atoms with van der Waals surface area (Å²) in [6.07, 6.45) is 6.46. The van der Waals surface area contributed by atoms with E-state index in [9.17, 15) is 0 Å². The van der Waals surface area contributed by atoms with E-state index in [2.05, 4.69) is 36.8 Å². The van der Waals surface area contributed by atoms with Gasteiger partial charge in [0.2, 0.25) is 0 Å². The molecule has 152 valence electrons. The lowest BCUT2D eigenvalue weighted by atomic mass is 10.1. The maximum absolute atomic E-state index is 4.76. The van der Waals surface area contributed by atoms with E-state index < -0.39 is 0 Å². The molecule has 2 aromatic rings. The monoisotopic (exact) mass is 496 g/mol. The van der Waals surface area contributed by atoms with E-state index in [1.54, 1.807) is 0 Å². The molecule has 0 amide bonds. The molecule has 2 fully saturated rings. The summed E-state index contributed by atoms with van der Waals surface area (Å²) >= 11 is 0. The number of rotatable bonds is 5. The van der Waals surface area contributed by atoms with Crippen LogP contribution in [0.4, 0.5) is 5.82 Å². The van der Waals surface area contributed by atoms with Crippen LogP contribution in [0.25, 0.3) is 0 Å². The number of nitrogens with zero attached hydrogens (tertiary/aromatic N) is 6. The molecular weight excluding hydrogens is 467 g/mol.